The van der Waals surface area contributed by atoms with Crippen LogP contribution in [0.5, 0.6) is 0 Å². The molecule has 20 heavy (non-hydrogen) atoms. The van der Waals surface area contributed by atoms with E-state index < -0.39 is 10.0 Å². The molecule has 2 aromatic carbocycles. The van der Waals surface area contributed by atoms with Crippen molar-refractivity contribution < 1.29 is 8.42 Å². The maximum Gasteiger partial charge on any atom is 0.236 e. The summed E-state index contributed by atoms with van der Waals surface area (Å²) in [6, 6.07) is 11.3. The van der Waals surface area contributed by atoms with Crippen molar-refractivity contribution in [3.8, 4) is 0 Å². The van der Waals surface area contributed by atoms with Crippen molar-refractivity contribution in [2.75, 3.05) is 4.72 Å². The first-order chi connectivity index (χ1) is 9.37. The second kappa shape index (κ2) is 6.22. The summed E-state index contributed by atoms with van der Waals surface area (Å²) >= 11 is 17.6. The number of rotatable bonds is 4. The Hall–Kier alpha value is -0.940. The molecule has 0 radical (unpaired) electrons. The highest BCUT2D eigenvalue weighted by atomic mass is 35.5. The molecular weight excluding hydrogens is 341 g/mol. The molecule has 0 unspecified atom stereocenters. The molecular formula is C13H10Cl3NO2S. The van der Waals surface area contributed by atoms with Crippen LogP contribution in [0.1, 0.15) is 5.56 Å². The van der Waals surface area contributed by atoms with Crippen LogP contribution >= 0.6 is 34.8 Å². The lowest BCUT2D eigenvalue weighted by molar-refractivity contribution is 0.600. The Morgan fingerprint density at radius 3 is 2.25 bits per heavy atom. The Bertz CT molecular complexity index is 732. The van der Waals surface area contributed by atoms with Crippen LogP contribution in [0.3, 0.4) is 0 Å². The lowest BCUT2D eigenvalue weighted by atomic mass is 10.2. The van der Waals surface area contributed by atoms with Gasteiger partial charge in [0, 0.05) is 5.02 Å². The van der Waals surface area contributed by atoms with Gasteiger partial charge in [-0.2, -0.15) is 0 Å². The molecule has 0 aliphatic carbocycles. The third-order valence-corrected chi connectivity index (χ3v) is 4.84. The standard InChI is InChI=1S/C13H10Cl3NO2S/c14-11-4-2-1-3-9(11)8-20(18,19)17-10-5-6-12(15)13(16)7-10/h1-7,17H,8H2. The van der Waals surface area contributed by atoms with Crippen molar-refractivity contribution in [2.45, 2.75) is 5.75 Å². The average Bonchev–Trinajstić information content (AvgIpc) is 2.36. The largest absolute Gasteiger partial charge is 0.283 e. The van der Waals surface area contributed by atoms with Gasteiger partial charge in [-0.05, 0) is 29.8 Å². The van der Waals surface area contributed by atoms with E-state index in [2.05, 4.69) is 4.72 Å². The lowest BCUT2D eigenvalue weighted by Crippen LogP contribution is -2.15. The van der Waals surface area contributed by atoms with Crippen LogP contribution in [0, 0.1) is 0 Å². The highest BCUT2D eigenvalue weighted by Gasteiger charge is 2.14. The minimum Gasteiger partial charge on any atom is -0.283 e. The fourth-order valence-corrected chi connectivity index (χ4v) is 3.39. The number of anilines is 1. The van der Waals surface area contributed by atoms with Crippen molar-refractivity contribution in [3.05, 3.63) is 63.1 Å². The smallest absolute Gasteiger partial charge is 0.236 e. The summed E-state index contributed by atoms with van der Waals surface area (Å²) in [7, 11) is -3.58. The fourth-order valence-electron chi connectivity index (χ4n) is 1.60. The Labute approximate surface area is 132 Å². The molecule has 0 fully saturated rings. The summed E-state index contributed by atoms with van der Waals surface area (Å²) in [5.74, 6) is -0.215. The second-order valence-corrected chi connectivity index (χ2v) is 7.03. The predicted molar refractivity (Wildman–Crippen MR) is 84.2 cm³/mol. The molecule has 0 heterocycles. The summed E-state index contributed by atoms with van der Waals surface area (Å²) in [4.78, 5) is 0. The van der Waals surface area contributed by atoms with Gasteiger partial charge in [0.2, 0.25) is 10.0 Å². The quantitative estimate of drug-likeness (QED) is 0.876. The van der Waals surface area contributed by atoms with E-state index in [1.54, 1.807) is 30.3 Å². The zero-order chi connectivity index (χ0) is 14.8. The average molecular weight is 351 g/mol. The van der Waals surface area contributed by atoms with Gasteiger partial charge in [-0.1, -0.05) is 53.0 Å². The molecule has 1 N–H and O–H groups in total. The maximum atomic E-state index is 12.1. The Morgan fingerprint density at radius 1 is 0.900 bits per heavy atom. The van der Waals surface area contributed by atoms with Gasteiger partial charge in [0.1, 0.15) is 0 Å². The molecule has 0 aliphatic heterocycles. The van der Waals surface area contributed by atoms with Crippen molar-refractivity contribution in [1.82, 2.24) is 0 Å². The van der Waals surface area contributed by atoms with E-state index in [4.69, 9.17) is 34.8 Å². The van der Waals surface area contributed by atoms with Gasteiger partial charge in [0.25, 0.3) is 0 Å². The molecule has 7 heteroatoms. The molecule has 0 bridgehead atoms. The van der Waals surface area contributed by atoms with Gasteiger partial charge < -0.3 is 0 Å². The molecule has 0 saturated carbocycles. The molecule has 0 saturated heterocycles. The van der Waals surface area contributed by atoms with E-state index in [1.807, 2.05) is 0 Å². The molecule has 2 rings (SSSR count). The van der Waals surface area contributed by atoms with E-state index in [1.165, 1.54) is 12.1 Å². The van der Waals surface area contributed by atoms with E-state index in [0.29, 0.717) is 21.3 Å². The number of hydrogen-bond acceptors (Lipinski definition) is 2. The minimum atomic E-state index is -3.58. The fraction of sp³-hybridized carbons (Fsp3) is 0.0769. The molecule has 0 amide bonds. The zero-order valence-electron chi connectivity index (χ0n) is 10.1. The van der Waals surface area contributed by atoms with Gasteiger partial charge in [0.15, 0.2) is 0 Å². The molecule has 0 spiro atoms. The summed E-state index contributed by atoms with van der Waals surface area (Å²) in [6.07, 6.45) is 0. The van der Waals surface area contributed by atoms with Crippen LogP contribution in [0.15, 0.2) is 42.5 Å². The number of hydrogen-bond donors (Lipinski definition) is 1. The summed E-state index contributed by atoms with van der Waals surface area (Å²) in [5, 5.41) is 1.05. The number of benzene rings is 2. The van der Waals surface area contributed by atoms with Crippen LogP contribution in [0.25, 0.3) is 0 Å². The molecule has 0 atom stereocenters. The van der Waals surface area contributed by atoms with Crippen LogP contribution in [0.2, 0.25) is 15.1 Å². The molecule has 2 aromatic rings. The Morgan fingerprint density at radius 2 is 1.60 bits per heavy atom. The van der Waals surface area contributed by atoms with Crippen molar-refractivity contribution in [2.24, 2.45) is 0 Å². The van der Waals surface area contributed by atoms with Crippen molar-refractivity contribution >= 4 is 50.5 Å². The normalized spacial score (nSPS) is 11.3. The van der Waals surface area contributed by atoms with Crippen molar-refractivity contribution in [3.63, 3.8) is 0 Å². The van der Waals surface area contributed by atoms with Crippen LogP contribution in [-0.2, 0) is 15.8 Å². The SMILES string of the molecule is O=S(=O)(Cc1ccccc1Cl)Nc1ccc(Cl)c(Cl)c1. The Balaban J connectivity index is 2.19. The first kappa shape index (κ1) is 15.4. The van der Waals surface area contributed by atoms with E-state index in [9.17, 15) is 8.42 Å². The highest BCUT2D eigenvalue weighted by molar-refractivity contribution is 7.91. The first-order valence-corrected chi connectivity index (χ1v) is 8.35. The van der Waals surface area contributed by atoms with Gasteiger partial charge in [-0.3, -0.25) is 4.72 Å². The maximum absolute atomic E-state index is 12.1. The first-order valence-electron chi connectivity index (χ1n) is 5.56. The lowest BCUT2D eigenvalue weighted by Gasteiger charge is -2.09. The molecule has 3 nitrogen and oxygen atoms in total. The van der Waals surface area contributed by atoms with E-state index >= 15 is 0 Å². The van der Waals surface area contributed by atoms with Gasteiger partial charge in [-0.15, -0.1) is 0 Å². The monoisotopic (exact) mass is 349 g/mol. The summed E-state index contributed by atoms with van der Waals surface area (Å²) in [5.41, 5.74) is 0.883. The molecule has 0 aromatic heterocycles. The van der Waals surface area contributed by atoms with Gasteiger partial charge >= 0.3 is 0 Å². The minimum absolute atomic E-state index is 0.215. The third-order valence-electron chi connectivity index (χ3n) is 2.50. The highest BCUT2D eigenvalue weighted by Crippen LogP contribution is 2.26. The van der Waals surface area contributed by atoms with Crippen LogP contribution < -0.4 is 4.72 Å². The summed E-state index contributed by atoms with van der Waals surface area (Å²) < 4.78 is 26.6. The molecule has 106 valence electrons. The number of sulfonamides is 1. The predicted octanol–water partition coefficient (Wildman–Crippen LogP) is 4.59. The number of halogens is 3. The zero-order valence-corrected chi connectivity index (χ0v) is 13.2. The number of nitrogens with one attached hydrogen (secondary N) is 1. The topological polar surface area (TPSA) is 46.2 Å². The van der Waals surface area contributed by atoms with Crippen LogP contribution in [-0.4, -0.2) is 8.42 Å². The summed E-state index contributed by atoms with van der Waals surface area (Å²) in [6.45, 7) is 0. The van der Waals surface area contributed by atoms with E-state index in [-0.39, 0.29) is 10.8 Å². The van der Waals surface area contributed by atoms with Crippen LogP contribution in [0.4, 0.5) is 5.69 Å². The Kier molecular flexibility index (Phi) is 4.81. The van der Waals surface area contributed by atoms with Crippen molar-refractivity contribution in [1.29, 1.82) is 0 Å². The van der Waals surface area contributed by atoms with Gasteiger partial charge in [-0.25, -0.2) is 8.42 Å². The second-order valence-electron chi connectivity index (χ2n) is 4.08. The van der Waals surface area contributed by atoms with E-state index in [0.717, 1.165) is 0 Å². The molecule has 0 aliphatic rings. The van der Waals surface area contributed by atoms with Gasteiger partial charge in [0.05, 0.1) is 21.5 Å². The third kappa shape index (κ3) is 4.03.